The van der Waals surface area contributed by atoms with Gasteiger partial charge in [-0.2, -0.15) is 0 Å². The summed E-state index contributed by atoms with van der Waals surface area (Å²) in [5.74, 6) is 0.192. The van der Waals surface area contributed by atoms with E-state index in [1.54, 1.807) is 12.1 Å². The fourth-order valence-electron chi connectivity index (χ4n) is 1.34. The first-order valence-corrected chi connectivity index (χ1v) is 8.29. The predicted molar refractivity (Wildman–Crippen MR) is 86.4 cm³/mol. The fraction of sp³-hybridized carbons (Fsp3) is 0. The molecule has 2 rings (SSSR count). The molecular formula is C10H4Br5NO. The maximum Gasteiger partial charge on any atom is 0.130 e. The number of phenols is 1. The first-order chi connectivity index (χ1) is 7.91. The fourth-order valence-corrected chi connectivity index (χ4v) is 4.00. The van der Waals surface area contributed by atoms with Crippen molar-refractivity contribution >= 4 is 79.6 Å². The number of hydrogen-bond donors (Lipinski definition) is 2. The van der Waals surface area contributed by atoms with Crippen LogP contribution in [0.2, 0.25) is 0 Å². The second-order valence-corrected chi connectivity index (χ2v) is 7.31. The van der Waals surface area contributed by atoms with Crippen molar-refractivity contribution in [3.8, 4) is 17.0 Å². The van der Waals surface area contributed by atoms with Crippen molar-refractivity contribution in [2.24, 2.45) is 0 Å². The van der Waals surface area contributed by atoms with Crippen LogP contribution in [0.25, 0.3) is 11.3 Å². The number of nitrogens with one attached hydrogen (secondary N) is 1. The number of benzene rings is 1. The van der Waals surface area contributed by atoms with Crippen LogP contribution in [0.15, 0.2) is 34.6 Å². The number of H-pyrrole nitrogens is 1. The number of aromatic amines is 1. The summed E-state index contributed by atoms with van der Waals surface area (Å²) in [6, 6.07) is 3.49. The van der Waals surface area contributed by atoms with E-state index in [4.69, 9.17) is 0 Å². The molecule has 0 radical (unpaired) electrons. The summed E-state index contributed by atoms with van der Waals surface area (Å²) in [5, 5.41) is 9.73. The minimum Gasteiger partial charge on any atom is -0.507 e. The highest BCUT2D eigenvalue weighted by Crippen LogP contribution is 2.43. The number of aromatic nitrogens is 1. The Hall–Kier alpha value is 0.700. The van der Waals surface area contributed by atoms with Crippen molar-refractivity contribution in [3.05, 3.63) is 34.6 Å². The predicted octanol–water partition coefficient (Wildman–Crippen LogP) is 6.20. The highest BCUT2D eigenvalue weighted by molar-refractivity contribution is 9.14. The highest BCUT2D eigenvalue weighted by Gasteiger charge is 2.16. The van der Waals surface area contributed by atoms with Gasteiger partial charge in [0.1, 0.15) is 5.75 Å². The van der Waals surface area contributed by atoms with E-state index in [0.29, 0.717) is 4.47 Å². The van der Waals surface area contributed by atoms with Gasteiger partial charge in [-0.1, -0.05) is 15.9 Å². The molecule has 0 amide bonds. The van der Waals surface area contributed by atoms with Gasteiger partial charge in [-0.25, -0.2) is 0 Å². The Balaban J connectivity index is 2.68. The van der Waals surface area contributed by atoms with E-state index in [2.05, 4.69) is 84.6 Å². The molecule has 90 valence electrons. The Morgan fingerprint density at radius 1 is 0.882 bits per heavy atom. The maximum atomic E-state index is 9.73. The molecule has 2 N–H and O–H groups in total. The zero-order valence-electron chi connectivity index (χ0n) is 7.99. The molecule has 0 spiro atoms. The number of halogens is 5. The van der Waals surface area contributed by atoms with Gasteiger partial charge >= 0.3 is 0 Å². The highest BCUT2D eigenvalue weighted by atomic mass is 79.9. The van der Waals surface area contributed by atoms with Crippen molar-refractivity contribution in [3.63, 3.8) is 0 Å². The van der Waals surface area contributed by atoms with E-state index in [1.807, 2.05) is 0 Å². The molecule has 0 aliphatic rings. The summed E-state index contributed by atoms with van der Waals surface area (Å²) in [6.45, 7) is 0. The minimum atomic E-state index is 0.192. The molecule has 0 fully saturated rings. The van der Waals surface area contributed by atoms with E-state index in [1.165, 1.54) is 0 Å². The summed E-state index contributed by atoms with van der Waals surface area (Å²) in [4.78, 5) is 3.18. The zero-order valence-corrected chi connectivity index (χ0v) is 15.9. The van der Waals surface area contributed by atoms with Crippen LogP contribution in [0.1, 0.15) is 0 Å². The SMILES string of the molecule is Oc1cc(-c2[nH]c(Br)c(Br)c2Br)c(Br)cc1Br. The van der Waals surface area contributed by atoms with Gasteiger partial charge in [0.2, 0.25) is 0 Å². The van der Waals surface area contributed by atoms with Crippen LogP contribution in [0.3, 0.4) is 0 Å². The molecule has 1 heterocycles. The summed E-state index contributed by atoms with van der Waals surface area (Å²) < 4.78 is 4.17. The maximum absolute atomic E-state index is 9.73. The lowest BCUT2D eigenvalue weighted by molar-refractivity contribution is 0.472. The second-order valence-electron chi connectivity index (χ2n) is 3.23. The molecular weight excluding hydrogens is 550 g/mol. The van der Waals surface area contributed by atoms with Crippen molar-refractivity contribution in [2.45, 2.75) is 0 Å². The summed E-state index contributed by atoms with van der Waals surface area (Å²) in [7, 11) is 0. The Labute approximate surface area is 140 Å². The Bertz CT molecular complexity index is 593. The minimum absolute atomic E-state index is 0.192. The molecule has 0 atom stereocenters. The number of hydrogen-bond acceptors (Lipinski definition) is 1. The van der Waals surface area contributed by atoms with Gasteiger partial charge in [-0.3, -0.25) is 0 Å². The molecule has 0 unspecified atom stereocenters. The van der Waals surface area contributed by atoms with E-state index < -0.39 is 0 Å². The largest absolute Gasteiger partial charge is 0.507 e. The molecule has 1 aromatic carbocycles. The third kappa shape index (κ3) is 2.68. The topological polar surface area (TPSA) is 36.0 Å². The molecule has 2 aromatic rings. The van der Waals surface area contributed by atoms with Crippen LogP contribution < -0.4 is 0 Å². The molecule has 7 heteroatoms. The average Bonchev–Trinajstić information content (AvgIpc) is 2.51. The Morgan fingerprint density at radius 3 is 2.06 bits per heavy atom. The molecule has 17 heavy (non-hydrogen) atoms. The van der Waals surface area contributed by atoms with E-state index >= 15 is 0 Å². The standard InChI is InChI=1S/C10H4Br5NO/c11-4-2-5(12)6(17)1-3(4)9-7(13)8(14)10(15)16-9/h1-2,16-17H. The van der Waals surface area contributed by atoms with Gasteiger partial charge in [0.25, 0.3) is 0 Å². The van der Waals surface area contributed by atoms with Gasteiger partial charge in [-0.15, -0.1) is 0 Å². The first-order valence-electron chi connectivity index (χ1n) is 4.32. The van der Waals surface area contributed by atoms with E-state index in [0.717, 1.165) is 29.3 Å². The zero-order chi connectivity index (χ0) is 12.7. The number of aromatic hydroxyl groups is 1. The van der Waals surface area contributed by atoms with Crippen LogP contribution in [0.5, 0.6) is 5.75 Å². The number of rotatable bonds is 1. The molecule has 0 aliphatic carbocycles. The van der Waals surface area contributed by atoms with Gasteiger partial charge in [-0.05, 0) is 75.9 Å². The Morgan fingerprint density at radius 2 is 1.53 bits per heavy atom. The van der Waals surface area contributed by atoms with Gasteiger partial charge < -0.3 is 10.1 Å². The van der Waals surface area contributed by atoms with Crippen LogP contribution in [0, 0.1) is 0 Å². The molecule has 2 nitrogen and oxygen atoms in total. The number of phenolic OH excluding ortho intramolecular Hbond substituents is 1. The van der Waals surface area contributed by atoms with Crippen LogP contribution in [-0.4, -0.2) is 10.1 Å². The molecule has 0 aliphatic heterocycles. The van der Waals surface area contributed by atoms with Gasteiger partial charge in [0.15, 0.2) is 0 Å². The second kappa shape index (κ2) is 5.36. The molecule has 0 saturated heterocycles. The van der Waals surface area contributed by atoms with Crippen LogP contribution >= 0.6 is 79.6 Å². The average molecular weight is 554 g/mol. The van der Waals surface area contributed by atoms with E-state index in [-0.39, 0.29) is 5.75 Å². The van der Waals surface area contributed by atoms with Crippen molar-refractivity contribution in [1.82, 2.24) is 4.98 Å². The first kappa shape index (κ1) is 14.1. The van der Waals surface area contributed by atoms with Gasteiger partial charge in [0, 0.05) is 10.0 Å². The summed E-state index contributed by atoms with van der Waals surface area (Å²) in [5.41, 5.74) is 1.74. The lowest BCUT2D eigenvalue weighted by Crippen LogP contribution is -1.82. The van der Waals surface area contributed by atoms with Crippen molar-refractivity contribution in [2.75, 3.05) is 0 Å². The smallest absolute Gasteiger partial charge is 0.130 e. The summed E-state index contributed by atoms with van der Waals surface area (Å²) in [6.07, 6.45) is 0. The van der Waals surface area contributed by atoms with Crippen molar-refractivity contribution < 1.29 is 5.11 Å². The quantitative estimate of drug-likeness (QED) is 0.434. The third-order valence-corrected chi connectivity index (χ3v) is 6.68. The van der Waals surface area contributed by atoms with Gasteiger partial charge in [0.05, 0.1) is 23.7 Å². The Kier molecular flexibility index (Phi) is 4.45. The lowest BCUT2D eigenvalue weighted by atomic mass is 10.1. The molecule has 0 bridgehead atoms. The van der Waals surface area contributed by atoms with Crippen molar-refractivity contribution in [1.29, 1.82) is 0 Å². The molecule has 1 aromatic heterocycles. The van der Waals surface area contributed by atoms with Crippen LogP contribution in [-0.2, 0) is 0 Å². The van der Waals surface area contributed by atoms with Crippen LogP contribution in [0.4, 0.5) is 0 Å². The molecule has 0 saturated carbocycles. The van der Waals surface area contributed by atoms with E-state index in [9.17, 15) is 5.11 Å². The third-order valence-electron chi connectivity index (χ3n) is 2.15. The normalized spacial score (nSPS) is 10.9. The summed E-state index contributed by atoms with van der Waals surface area (Å²) >= 11 is 17.1. The monoisotopic (exact) mass is 549 g/mol. The lowest BCUT2D eigenvalue weighted by Gasteiger charge is -2.06.